The number of nitrogens with zero attached hydrogens (tertiary/aromatic N) is 3. The van der Waals surface area contributed by atoms with Crippen LogP contribution >= 0.6 is 11.6 Å². The number of hydrogen-bond acceptors (Lipinski definition) is 6. The fraction of sp³-hybridized carbons (Fsp3) is 0.263. The number of benzene rings is 1. The third-order valence-electron chi connectivity index (χ3n) is 4.62. The zero-order valence-corrected chi connectivity index (χ0v) is 16.4. The van der Waals surface area contributed by atoms with Crippen LogP contribution in [0.5, 0.6) is 0 Å². The molecule has 11 heteroatoms. The molecule has 4 rings (SSSR count). The zero-order valence-electron chi connectivity index (χ0n) is 15.6. The number of nitrogens with one attached hydrogen (secondary N) is 2. The van der Waals surface area contributed by atoms with Crippen molar-refractivity contribution in [1.82, 2.24) is 25.1 Å². The van der Waals surface area contributed by atoms with E-state index in [1.165, 1.54) is 35.3 Å². The first kappa shape index (κ1) is 20.2. The van der Waals surface area contributed by atoms with Crippen molar-refractivity contribution in [2.45, 2.75) is 12.2 Å². The molecule has 0 spiro atoms. The number of amides is 1. The molecule has 0 radical (unpaired) electrons. The van der Waals surface area contributed by atoms with Gasteiger partial charge in [0.05, 0.1) is 37.2 Å². The van der Waals surface area contributed by atoms with Gasteiger partial charge < -0.3 is 14.8 Å². The Morgan fingerprint density at radius 1 is 1.30 bits per heavy atom. The lowest BCUT2D eigenvalue weighted by atomic mass is 10.0. The molecule has 3 aromatic rings. The van der Waals surface area contributed by atoms with E-state index in [-0.39, 0.29) is 17.3 Å². The third kappa shape index (κ3) is 3.97. The van der Waals surface area contributed by atoms with Gasteiger partial charge in [0.2, 0.25) is 5.79 Å². The standard InChI is InChI=1S/C19H17ClFN5O4/c20-16-15(8-14(9-22-16)26-11-24-25-18(26)28)17(27)23-10-19(29-6-1-7-30-19)12-2-4-13(21)5-3-12/h2-5,8-9,11H,1,6-7,10H2,(H,23,27)(H,25,28). The highest BCUT2D eigenvalue weighted by Gasteiger charge is 2.37. The summed E-state index contributed by atoms with van der Waals surface area (Å²) in [6, 6.07) is 7.12. The number of ether oxygens (including phenoxy) is 2. The molecule has 3 heterocycles. The van der Waals surface area contributed by atoms with Crippen LogP contribution < -0.4 is 11.0 Å². The first-order chi connectivity index (χ1) is 14.5. The Morgan fingerprint density at radius 3 is 2.70 bits per heavy atom. The fourth-order valence-corrected chi connectivity index (χ4v) is 3.29. The molecule has 9 nitrogen and oxygen atoms in total. The maximum atomic E-state index is 13.3. The van der Waals surface area contributed by atoms with Crippen molar-refractivity contribution in [1.29, 1.82) is 0 Å². The van der Waals surface area contributed by atoms with Crippen LogP contribution in [0.1, 0.15) is 22.3 Å². The van der Waals surface area contributed by atoms with Gasteiger partial charge in [-0.3, -0.25) is 4.79 Å². The molecule has 0 saturated carbocycles. The molecule has 1 aliphatic rings. The average molecular weight is 434 g/mol. The van der Waals surface area contributed by atoms with Crippen LogP contribution in [-0.2, 0) is 15.3 Å². The molecule has 0 atom stereocenters. The number of pyridine rings is 1. The van der Waals surface area contributed by atoms with Crippen LogP contribution in [0.15, 0.2) is 47.7 Å². The second-order valence-electron chi connectivity index (χ2n) is 6.56. The highest BCUT2D eigenvalue weighted by Crippen LogP contribution is 2.30. The van der Waals surface area contributed by atoms with Crippen molar-refractivity contribution in [3.8, 4) is 5.69 Å². The quantitative estimate of drug-likeness (QED) is 0.593. The number of carbonyl (C=O) groups excluding carboxylic acids is 1. The summed E-state index contributed by atoms with van der Waals surface area (Å²) in [7, 11) is 0. The molecule has 2 aromatic heterocycles. The normalized spacial score (nSPS) is 15.7. The Bertz CT molecular complexity index is 1110. The molecule has 1 aromatic carbocycles. The Labute approximate surface area is 174 Å². The molecule has 1 saturated heterocycles. The van der Waals surface area contributed by atoms with Crippen molar-refractivity contribution >= 4 is 17.5 Å². The topological polar surface area (TPSA) is 111 Å². The van der Waals surface area contributed by atoms with Crippen LogP contribution in [-0.4, -0.2) is 45.4 Å². The van der Waals surface area contributed by atoms with E-state index in [0.29, 0.717) is 30.9 Å². The van der Waals surface area contributed by atoms with E-state index in [2.05, 4.69) is 20.5 Å². The number of H-pyrrole nitrogens is 1. The zero-order chi connectivity index (χ0) is 21.1. The molecule has 30 heavy (non-hydrogen) atoms. The van der Waals surface area contributed by atoms with E-state index in [9.17, 15) is 14.0 Å². The number of aromatic amines is 1. The Hall–Kier alpha value is -3.08. The van der Waals surface area contributed by atoms with Crippen LogP contribution in [0, 0.1) is 5.82 Å². The summed E-state index contributed by atoms with van der Waals surface area (Å²) in [4.78, 5) is 28.6. The Kier molecular flexibility index (Phi) is 5.62. The molecule has 0 aliphatic carbocycles. The van der Waals surface area contributed by atoms with Gasteiger partial charge in [0.1, 0.15) is 17.3 Å². The minimum absolute atomic E-state index is 0.0332. The van der Waals surface area contributed by atoms with Crippen molar-refractivity contribution < 1.29 is 18.7 Å². The summed E-state index contributed by atoms with van der Waals surface area (Å²) in [6.45, 7) is 0.812. The second kappa shape index (κ2) is 8.34. The van der Waals surface area contributed by atoms with Gasteiger partial charge in [-0.05, 0) is 24.6 Å². The first-order valence-electron chi connectivity index (χ1n) is 9.09. The van der Waals surface area contributed by atoms with Gasteiger partial charge >= 0.3 is 5.69 Å². The predicted molar refractivity (Wildman–Crippen MR) is 104 cm³/mol. The van der Waals surface area contributed by atoms with Gasteiger partial charge in [0.15, 0.2) is 0 Å². The van der Waals surface area contributed by atoms with Crippen molar-refractivity contribution in [3.63, 3.8) is 0 Å². The van der Waals surface area contributed by atoms with E-state index < -0.39 is 23.2 Å². The number of aromatic nitrogens is 4. The summed E-state index contributed by atoms with van der Waals surface area (Å²) in [5.74, 6) is -2.18. The van der Waals surface area contributed by atoms with Crippen LogP contribution in [0.25, 0.3) is 5.69 Å². The monoisotopic (exact) mass is 433 g/mol. The van der Waals surface area contributed by atoms with Crippen molar-refractivity contribution in [2.75, 3.05) is 19.8 Å². The van der Waals surface area contributed by atoms with Gasteiger partial charge in [-0.2, -0.15) is 5.10 Å². The van der Waals surface area contributed by atoms with E-state index in [4.69, 9.17) is 21.1 Å². The highest BCUT2D eigenvalue weighted by atomic mass is 35.5. The maximum absolute atomic E-state index is 13.3. The van der Waals surface area contributed by atoms with Crippen molar-refractivity contribution in [2.24, 2.45) is 0 Å². The molecular formula is C19H17ClFN5O4. The summed E-state index contributed by atoms with van der Waals surface area (Å²) >= 11 is 6.10. The van der Waals surface area contributed by atoms with Crippen LogP contribution in [0.3, 0.4) is 0 Å². The summed E-state index contributed by atoms with van der Waals surface area (Å²) in [5.41, 5.74) is 0.477. The van der Waals surface area contributed by atoms with Crippen LogP contribution in [0.4, 0.5) is 4.39 Å². The van der Waals surface area contributed by atoms with Gasteiger partial charge in [-0.15, -0.1) is 0 Å². The summed E-state index contributed by atoms with van der Waals surface area (Å²) in [6.07, 6.45) is 3.32. The summed E-state index contributed by atoms with van der Waals surface area (Å²) in [5, 5.41) is 8.61. The lowest BCUT2D eigenvalue weighted by Gasteiger charge is -2.37. The maximum Gasteiger partial charge on any atom is 0.347 e. The number of carbonyl (C=O) groups is 1. The van der Waals surface area contributed by atoms with Gasteiger partial charge in [-0.1, -0.05) is 23.7 Å². The SMILES string of the molecule is O=C(NCC1(c2ccc(F)cc2)OCCCO1)c1cc(-n2cn[nH]c2=O)cnc1Cl. The minimum Gasteiger partial charge on any atom is -0.346 e. The Morgan fingerprint density at radius 2 is 2.03 bits per heavy atom. The van der Waals surface area contributed by atoms with E-state index in [1.807, 2.05) is 0 Å². The highest BCUT2D eigenvalue weighted by molar-refractivity contribution is 6.32. The van der Waals surface area contributed by atoms with Gasteiger partial charge in [-0.25, -0.2) is 23.8 Å². The predicted octanol–water partition coefficient (Wildman–Crippen LogP) is 1.77. The average Bonchev–Trinajstić information content (AvgIpc) is 3.19. The Balaban J connectivity index is 1.58. The molecule has 0 bridgehead atoms. The lowest BCUT2D eigenvalue weighted by Crippen LogP contribution is -2.47. The van der Waals surface area contributed by atoms with E-state index in [0.717, 1.165) is 0 Å². The molecule has 0 unspecified atom stereocenters. The van der Waals surface area contributed by atoms with Crippen molar-refractivity contribution in [3.05, 3.63) is 75.4 Å². The molecular weight excluding hydrogens is 417 g/mol. The third-order valence-corrected chi connectivity index (χ3v) is 4.93. The van der Waals surface area contributed by atoms with E-state index >= 15 is 0 Å². The molecule has 1 aliphatic heterocycles. The van der Waals surface area contributed by atoms with Crippen LogP contribution in [0.2, 0.25) is 5.15 Å². The molecule has 1 amide bonds. The smallest absolute Gasteiger partial charge is 0.346 e. The second-order valence-corrected chi connectivity index (χ2v) is 6.91. The first-order valence-corrected chi connectivity index (χ1v) is 9.46. The van der Waals surface area contributed by atoms with Gasteiger partial charge in [0.25, 0.3) is 5.91 Å². The largest absolute Gasteiger partial charge is 0.347 e. The number of halogens is 2. The number of rotatable bonds is 5. The molecule has 156 valence electrons. The van der Waals surface area contributed by atoms with E-state index in [1.54, 1.807) is 12.1 Å². The van der Waals surface area contributed by atoms with Gasteiger partial charge in [0, 0.05) is 5.56 Å². The lowest BCUT2D eigenvalue weighted by molar-refractivity contribution is -0.271. The minimum atomic E-state index is -1.25. The molecule has 2 N–H and O–H groups in total. The fourth-order valence-electron chi connectivity index (χ4n) is 3.10. The number of hydrogen-bond donors (Lipinski definition) is 2. The molecule has 1 fully saturated rings. The summed E-state index contributed by atoms with van der Waals surface area (Å²) < 4.78 is 26.2.